The van der Waals surface area contributed by atoms with Crippen molar-refractivity contribution in [3.05, 3.63) is 0 Å². The fourth-order valence-corrected chi connectivity index (χ4v) is 2.50. The second kappa shape index (κ2) is 3.02. The van der Waals surface area contributed by atoms with E-state index >= 15 is 0 Å². The van der Waals surface area contributed by atoms with Gasteiger partial charge in [0.05, 0.1) is 0 Å². The molecule has 0 radical (unpaired) electrons. The summed E-state index contributed by atoms with van der Waals surface area (Å²) in [6, 6.07) is 0. The Hall–Kier alpha value is -0.0400. The van der Waals surface area contributed by atoms with Crippen LogP contribution in [0.3, 0.4) is 0 Å². The highest BCUT2D eigenvalue weighted by Crippen LogP contribution is 2.57. The van der Waals surface area contributed by atoms with Crippen LogP contribution in [0.25, 0.3) is 0 Å². The Morgan fingerprint density at radius 3 is 2.00 bits per heavy atom. The molecule has 2 saturated carbocycles. The van der Waals surface area contributed by atoms with Crippen LogP contribution < -0.4 is 5.32 Å². The molecule has 1 nitrogen and oxygen atoms in total. The third kappa shape index (κ3) is 1.52. The van der Waals surface area contributed by atoms with Crippen LogP contribution in [0.1, 0.15) is 39.5 Å². The summed E-state index contributed by atoms with van der Waals surface area (Å²) in [5.41, 5.74) is 0.663. The van der Waals surface area contributed by atoms with E-state index in [0.717, 1.165) is 18.4 Å². The molecule has 0 amide bonds. The van der Waals surface area contributed by atoms with Gasteiger partial charge in [-0.3, -0.25) is 0 Å². The lowest BCUT2D eigenvalue weighted by atomic mass is 9.79. The molecule has 0 atom stereocenters. The molecule has 1 N–H and O–H groups in total. The molecule has 0 aromatic carbocycles. The fourth-order valence-electron chi connectivity index (χ4n) is 2.50. The summed E-state index contributed by atoms with van der Waals surface area (Å²) in [4.78, 5) is 0. The monoisotopic (exact) mass is 167 g/mol. The van der Waals surface area contributed by atoms with Gasteiger partial charge in [0.2, 0.25) is 0 Å². The van der Waals surface area contributed by atoms with Crippen molar-refractivity contribution in [1.82, 2.24) is 5.32 Å². The minimum absolute atomic E-state index is 0.663. The van der Waals surface area contributed by atoms with Crippen molar-refractivity contribution >= 4 is 0 Å². The van der Waals surface area contributed by atoms with Crippen LogP contribution in [0.2, 0.25) is 0 Å². The van der Waals surface area contributed by atoms with E-state index in [0.29, 0.717) is 5.41 Å². The molecule has 70 valence electrons. The standard InChI is InChI=1S/C11H21N/c1-3-12-8-11(2,9-4-5-9)10-6-7-10/h9-10,12H,3-8H2,1-2H3. The van der Waals surface area contributed by atoms with Crippen LogP contribution in [0, 0.1) is 17.3 Å². The minimum Gasteiger partial charge on any atom is -0.316 e. The average molecular weight is 167 g/mol. The first-order chi connectivity index (χ1) is 5.77. The Labute approximate surface area is 75.9 Å². The predicted octanol–water partition coefficient (Wildman–Crippen LogP) is 2.42. The van der Waals surface area contributed by atoms with Gasteiger partial charge in [-0.15, -0.1) is 0 Å². The normalized spacial score (nSPS) is 24.5. The summed E-state index contributed by atoms with van der Waals surface area (Å²) >= 11 is 0. The number of rotatable bonds is 5. The largest absolute Gasteiger partial charge is 0.316 e. The Bertz CT molecular complexity index is 144. The first kappa shape index (κ1) is 8.55. The molecular formula is C11H21N. The SMILES string of the molecule is CCNCC(C)(C1CC1)C1CC1. The third-order valence-electron chi connectivity index (χ3n) is 3.78. The zero-order chi connectivity index (χ0) is 8.60. The van der Waals surface area contributed by atoms with Gasteiger partial charge in [0, 0.05) is 6.54 Å². The quantitative estimate of drug-likeness (QED) is 0.663. The molecule has 2 fully saturated rings. The van der Waals surface area contributed by atoms with E-state index < -0.39 is 0 Å². The van der Waals surface area contributed by atoms with Crippen molar-refractivity contribution in [3.8, 4) is 0 Å². The topological polar surface area (TPSA) is 12.0 Å². The maximum atomic E-state index is 3.53. The highest BCUT2D eigenvalue weighted by atomic mass is 14.9. The van der Waals surface area contributed by atoms with Gasteiger partial charge < -0.3 is 5.32 Å². The summed E-state index contributed by atoms with van der Waals surface area (Å²) in [5, 5.41) is 3.53. The minimum atomic E-state index is 0.663. The molecule has 2 aliphatic rings. The predicted molar refractivity (Wildman–Crippen MR) is 52.1 cm³/mol. The molecule has 0 unspecified atom stereocenters. The molecule has 0 saturated heterocycles. The van der Waals surface area contributed by atoms with Crippen LogP contribution in [0.15, 0.2) is 0 Å². The van der Waals surface area contributed by atoms with Crippen LogP contribution >= 0.6 is 0 Å². The van der Waals surface area contributed by atoms with E-state index in [1.165, 1.54) is 32.2 Å². The van der Waals surface area contributed by atoms with E-state index in [2.05, 4.69) is 19.2 Å². The maximum Gasteiger partial charge on any atom is 0.00104 e. The molecule has 0 spiro atoms. The lowest BCUT2D eigenvalue weighted by Crippen LogP contribution is -2.35. The van der Waals surface area contributed by atoms with Gasteiger partial charge in [0.25, 0.3) is 0 Å². The molecule has 0 aromatic heterocycles. The Kier molecular flexibility index (Phi) is 2.16. The lowest BCUT2D eigenvalue weighted by molar-refractivity contribution is 0.217. The van der Waals surface area contributed by atoms with Crippen molar-refractivity contribution in [1.29, 1.82) is 0 Å². The lowest BCUT2D eigenvalue weighted by Gasteiger charge is -2.30. The van der Waals surface area contributed by atoms with Crippen LogP contribution in [0.5, 0.6) is 0 Å². The number of nitrogens with one attached hydrogen (secondary N) is 1. The van der Waals surface area contributed by atoms with E-state index in [-0.39, 0.29) is 0 Å². The number of hydrogen-bond acceptors (Lipinski definition) is 1. The molecule has 0 aromatic rings. The average Bonchev–Trinajstić information content (AvgIpc) is 2.92. The van der Waals surface area contributed by atoms with E-state index in [4.69, 9.17) is 0 Å². The molecule has 0 heterocycles. The zero-order valence-electron chi connectivity index (χ0n) is 8.40. The summed E-state index contributed by atoms with van der Waals surface area (Å²) in [6.07, 6.45) is 5.99. The summed E-state index contributed by atoms with van der Waals surface area (Å²) < 4.78 is 0. The van der Waals surface area contributed by atoms with Gasteiger partial charge in [-0.05, 0) is 49.5 Å². The van der Waals surface area contributed by atoms with E-state index in [9.17, 15) is 0 Å². The van der Waals surface area contributed by atoms with Gasteiger partial charge in [0.15, 0.2) is 0 Å². The summed E-state index contributed by atoms with van der Waals surface area (Å²) in [5.74, 6) is 2.12. The van der Waals surface area contributed by atoms with Gasteiger partial charge in [0.1, 0.15) is 0 Å². The van der Waals surface area contributed by atoms with Crippen molar-refractivity contribution < 1.29 is 0 Å². The highest BCUT2D eigenvalue weighted by molar-refractivity contribution is 5.01. The van der Waals surface area contributed by atoms with Gasteiger partial charge in [-0.2, -0.15) is 0 Å². The van der Waals surface area contributed by atoms with Crippen molar-refractivity contribution in [2.75, 3.05) is 13.1 Å². The molecule has 0 aliphatic heterocycles. The number of hydrogen-bond donors (Lipinski definition) is 1. The van der Waals surface area contributed by atoms with Crippen molar-refractivity contribution in [2.45, 2.75) is 39.5 Å². The second-order valence-electron chi connectivity index (χ2n) is 4.83. The summed E-state index contributed by atoms with van der Waals surface area (Å²) in [6.45, 7) is 7.11. The van der Waals surface area contributed by atoms with Gasteiger partial charge in [-0.1, -0.05) is 13.8 Å². The molecule has 1 heteroatoms. The van der Waals surface area contributed by atoms with Gasteiger partial charge >= 0.3 is 0 Å². The Balaban J connectivity index is 1.90. The van der Waals surface area contributed by atoms with E-state index in [1.807, 2.05) is 0 Å². The highest BCUT2D eigenvalue weighted by Gasteiger charge is 2.50. The molecule has 12 heavy (non-hydrogen) atoms. The third-order valence-corrected chi connectivity index (χ3v) is 3.78. The molecule has 2 rings (SSSR count). The van der Waals surface area contributed by atoms with Crippen molar-refractivity contribution in [2.24, 2.45) is 17.3 Å². The smallest absolute Gasteiger partial charge is 0.00104 e. The van der Waals surface area contributed by atoms with Crippen molar-refractivity contribution in [3.63, 3.8) is 0 Å². The fraction of sp³-hybridized carbons (Fsp3) is 1.00. The molecular weight excluding hydrogens is 146 g/mol. The first-order valence-electron chi connectivity index (χ1n) is 5.48. The van der Waals surface area contributed by atoms with Crippen LogP contribution in [0.4, 0.5) is 0 Å². The van der Waals surface area contributed by atoms with Crippen LogP contribution in [-0.2, 0) is 0 Å². The Morgan fingerprint density at radius 2 is 1.67 bits per heavy atom. The molecule has 2 aliphatic carbocycles. The van der Waals surface area contributed by atoms with E-state index in [1.54, 1.807) is 0 Å². The second-order valence-corrected chi connectivity index (χ2v) is 4.83. The maximum absolute atomic E-state index is 3.53. The van der Waals surface area contributed by atoms with Gasteiger partial charge in [-0.25, -0.2) is 0 Å². The van der Waals surface area contributed by atoms with Crippen LogP contribution in [-0.4, -0.2) is 13.1 Å². The zero-order valence-corrected chi connectivity index (χ0v) is 8.40. The Morgan fingerprint density at radius 1 is 1.17 bits per heavy atom. The molecule has 0 bridgehead atoms. The summed E-state index contributed by atoms with van der Waals surface area (Å²) in [7, 11) is 0. The first-order valence-corrected chi connectivity index (χ1v) is 5.48.